The smallest absolute Gasteiger partial charge is 0.101 e. The molecule has 1 saturated heterocycles. The largest absolute Gasteiger partial charge is 0.372 e. The zero-order valence-electron chi connectivity index (χ0n) is 8.45. The Bertz CT molecular complexity index is 305. The summed E-state index contributed by atoms with van der Waals surface area (Å²) >= 11 is 1.75. The first kappa shape index (κ1) is 10.1. The molecule has 0 aliphatic carbocycles. The predicted molar refractivity (Wildman–Crippen MR) is 57.5 cm³/mol. The van der Waals surface area contributed by atoms with Gasteiger partial charge in [0.2, 0.25) is 0 Å². The van der Waals surface area contributed by atoms with Gasteiger partial charge in [-0.15, -0.1) is 11.3 Å². The molecule has 1 aromatic heterocycles. The van der Waals surface area contributed by atoms with Crippen molar-refractivity contribution in [1.29, 1.82) is 0 Å². The van der Waals surface area contributed by atoms with Crippen molar-refractivity contribution < 1.29 is 4.74 Å². The quantitative estimate of drug-likeness (QED) is 0.831. The molecule has 1 atom stereocenters. The molecule has 1 aromatic rings. The zero-order valence-corrected chi connectivity index (χ0v) is 9.27. The highest BCUT2D eigenvalue weighted by Gasteiger charge is 2.22. The molecule has 0 amide bonds. The summed E-state index contributed by atoms with van der Waals surface area (Å²) in [5.74, 6) is 0. The molecule has 3 nitrogen and oxygen atoms in total. The summed E-state index contributed by atoms with van der Waals surface area (Å²) in [6, 6.07) is 0. The molecule has 1 unspecified atom stereocenters. The normalized spacial score (nSPS) is 21.7. The van der Waals surface area contributed by atoms with Crippen LogP contribution < -0.4 is 5.73 Å². The fraction of sp³-hybridized carbons (Fsp3) is 0.700. The van der Waals surface area contributed by atoms with Crippen LogP contribution in [0.5, 0.6) is 0 Å². The second-order valence-corrected chi connectivity index (χ2v) is 4.88. The molecule has 78 valence electrons. The Balaban J connectivity index is 2.15. The molecule has 0 spiro atoms. The van der Waals surface area contributed by atoms with Crippen molar-refractivity contribution >= 4 is 11.3 Å². The lowest BCUT2D eigenvalue weighted by Crippen LogP contribution is -2.03. The van der Waals surface area contributed by atoms with Crippen molar-refractivity contribution in [1.82, 2.24) is 4.98 Å². The second-order valence-electron chi connectivity index (χ2n) is 3.59. The van der Waals surface area contributed by atoms with Crippen molar-refractivity contribution in [3.63, 3.8) is 0 Å². The van der Waals surface area contributed by atoms with E-state index >= 15 is 0 Å². The zero-order chi connectivity index (χ0) is 9.97. The number of hydrogen-bond donors (Lipinski definition) is 1. The van der Waals surface area contributed by atoms with Gasteiger partial charge in [0.15, 0.2) is 0 Å². The van der Waals surface area contributed by atoms with Gasteiger partial charge in [-0.25, -0.2) is 4.98 Å². The van der Waals surface area contributed by atoms with E-state index < -0.39 is 0 Å². The topological polar surface area (TPSA) is 48.1 Å². The fourth-order valence-electron chi connectivity index (χ4n) is 1.79. The molecule has 0 saturated carbocycles. The van der Waals surface area contributed by atoms with Crippen LogP contribution in [-0.4, -0.2) is 18.1 Å². The Morgan fingerprint density at radius 2 is 2.50 bits per heavy atom. The van der Waals surface area contributed by atoms with Crippen LogP contribution >= 0.6 is 11.3 Å². The highest BCUT2D eigenvalue weighted by atomic mass is 32.1. The lowest BCUT2D eigenvalue weighted by atomic mass is 10.2. The van der Waals surface area contributed by atoms with Crippen molar-refractivity contribution in [2.75, 3.05) is 13.2 Å². The minimum Gasteiger partial charge on any atom is -0.372 e. The molecule has 0 bridgehead atoms. The van der Waals surface area contributed by atoms with Gasteiger partial charge >= 0.3 is 0 Å². The number of ether oxygens (including phenoxy) is 1. The van der Waals surface area contributed by atoms with Crippen molar-refractivity contribution in [3.05, 3.63) is 15.6 Å². The van der Waals surface area contributed by atoms with E-state index in [1.54, 1.807) is 11.3 Å². The lowest BCUT2D eigenvalue weighted by Gasteiger charge is -2.06. The fourth-order valence-corrected chi connectivity index (χ4v) is 2.79. The van der Waals surface area contributed by atoms with E-state index in [0.29, 0.717) is 6.54 Å². The number of aryl methyl sites for hydroxylation is 1. The number of thiazole rings is 1. The highest BCUT2D eigenvalue weighted by Crippen LogP contribution is 2.32. The van der Waals surface area contributed by atoms with E-state index in [-0.39, 0.29) is 6.10 Å². The van der Waals surface area contributed by atoms with Gasteiger partial charge in [0.25, 0.3) is 0 Å². The molecule has 2 heterocycles. The van der Waals surface area contributed by atoms with Gasteiger partial charge in [-0.05, 0) is 26.3 Å². The summed E-state index contributed by atoms with van der Waals surface area (Å²) in [6.07, 6.45) is 3.41. The summed E-state index contributed by atoms with van der Waals surface area (Å²) in [6.45, 7) is 3.68. The maximum atomic E-state index is 5.62. The molecule has 1 aliphatic heterocycles. The molecule has 2 rings (SSSR count). The second kappa shape index (κ2) is 4.38. The van der Waals surface area contributed by atoms with Gasteiger partial charge in [-0.2, -0.15) is 0 Å². The Morgan fingerprint density at radius 1 is 1.64 bits per heavy atom. The monoisotopic (exact) mass is 212 g/mol. The van der Waals surface area contributed by atoms with Crippen LogP contribution in [0, 0.1) is 6.92 Å². The Labute approximate surface area is 88.3 Å². The maximum Gasteiger partial charge on any atom is 0.101 e. The molecule has 4 heteroatoms. The summed E-state index contributed by atoms with van der Waals surface area (Å²) in [5, 5.41) is 1.15. The lowest BCUT2D eigenvalue weighted by molar-refractivity contribution is 0.108. The van der Waals surface area contributed by atoms with E-state index in [0.717, 1.165) is 36.6 Å². The maximum absolute atomic E-state index is 5.62. The minimum absolute atomic E-state index is 0.248. The first-order valence-corrected chi connectivity index (χ1v) is 5.91. The van der Waals surface area contributed by atoms with Crippen LogP contribution in [0.2, 0.25) is 0 Å². The van der Waals surface area contributed by atoms with E-state index in [2.05, 4.69) is 11.9 Å². The number of hydrogen-bond acceptors (Lipinski definition) is 4. The number of nitrogens with two attached hydrogens (primary N) is 1. The predicted octanol–water partition coefficient (Wildman–Crippen LogP) is 1.80. The van der Waals surface area contributed by atoms with Crippen LogP contribution in [0.15, 0.2) is 0 Å². The number of rotatable bonds is 3. The van der Waals surface area contributed by atoms with Crippen LogP contribution in [0.1, 0.15) is 34.5 Å². The number of aromatic nitrogens is 1. The van der Waals surface area contributed by atoms with Crippen LogP contribution in [0.4, 0.5) is 0 Å². The molecule has 14 heavy (non-hydrogen) atoms. The molecule has 1 aliphatic rings. The summed E-state index contributed by atoms with van der Waals surface area (Å²) in [4.78, 5) is 5.89. The van der Waals surface area contributed by atoms with Crippen molar-refractivity contribution in [2.45, 2.75) is 32.3 Å². The summed E-state index contributed by atoms with van der Waals surface area (Å²) < 4.78 is 5.62. The van der Waals surface area contributed by atoms with Crippen LogP contribution in [0.25, 0.3) is 0 Å². The van der Waals surface area contributed by atoms with Crippen LogP contribution in [-0.2, 0) is 11.2 Å². The first-order valence-electron chi connectivity index (χ1n) is 5.09. The Hall–Kier alpha value is -0.450. The molecular formula is C10H16N2OS. The van der Waals surface area contributed by atoms with Gasteiger partial charge < -0.3 is 10.5 Å². The van der Waals surface area contributed by atoms with Crippen molar-refractivity contribution in [3.8, 4) is 0 Å². The molecule has 2 N–H and O–H groups in total. The molecular weight excluding hydrogens is 196 g/mol. The highest BCUT2D eigenvalue weighted by molar-refractivity contribution is 7.11. The average molecular weight is 212 g/mol. The average Bonchev–Trinajstić information content (AvgIpc) is 2.74. The third-order valence-electron chi connectivity index (χ3n) is 2.47. The van der Waals surface area contributed by atoms with Gasteiger partial charge in [0, 0.05) is 17.9 Å². The SMILES string of the molecule is Cc1sc(CCN)nc1C1CCCO1. The van der Waals surface area contributed by atoms with Gasteiger partial charge in [0.1, 0.15) is 6.10 Å². The first-order chi connectivity index (χ1) is 6.81. The molecule has 0 radical (unpaired) electrons. The van der Waals surface area contributed by atoms with Gasteiger partial charge in [-0.1, -0.05) is 0 Å². The van der Waals surface area contributed by atoms with Crippen molar-refractivity contribution in [2.24, 2.45) is 5.73 Å². The van der Waals surface area contributed by atoms with Gasteiger partial charge in [0.05, 0.1) is 10.7 Å². The van der Waals surface area contributed by atoms with E-state index in [1.165, 1.54) is 4.88 Å². The van der Waals surface area contributed by atoms with Gasteiger partial charge in [-0.3, -0.25) is 0 Å². The Kier molecular flexibility index (Phi) is 3.15. The van der Waals surface area contributed by atoms with E-state index in [4.69, 9.17) is 10.5 Å². The Morgan fingerprint density at radius 3 is 3.14 bits per heavy atom. The molecule has 1 fully saturated rings. The third-order valence-corrected chi connectivity index (χ3v) is 3.52. The molecule has 0 aromatic carbocycles. The standard InChI is InChI=1S/C10H16N2OS/c1-7-10(8-3-2-6-13-8)12-9(14-7)4-5-11/h8H,2-6,11H2,1H3. The number of nitrogens with zero attached hydrogens (tertiary/aromatic N) is 1. The minimum atomic E-state index is 0.248. The van der Waals surface area contributed by atoms with E-state index in [1.807, 2.05) is 0 Å². The van der Waals surface area contributed by atoms with E-state index in [9.17, 15) is 0 Å². The third kappa shape index (κ3) is 1.97. The summed E-state index contributed by atoms with van der Waals surface area (Å²) in [5.41, 5.74) is 6.66. The van der Waals surface area contributed by atoms with Crippen LogP contribution in [0.3, 0.4) is 0 Å². The summed E-state index contributed by atoms with van der Waals surface area (Å²) in [7, 11) is 0.